The first-order valence-corrected chi connectivity index (χ1v) is 10.0. The fourth-order valence-electron chi connectivity index (χ4n) is 4.22. The maximum Gasteiger partial charge on any atom is 0.228 e. The van der Waals surface area contributed by atoms with Gasteiger partial charge in [-0.2, -0.15) is 0 Å². The average Bonchev–Trinajstić information content (AvgIpc) is 3.12. The van der Waals surface area contributed by atoms with Crippen LogP contribution < -0.4 is 20.1 Å². The SMILES string of the molecule is COc1ccc(OC)c(N2CC(C(=O)N3CCCC(CCC(N)=O)C3)CC2=O)c1. The van der Waals surface area contributed by atoms with Crippen LogP contribution in [-0.2, 0) is 14.4 Å². The van der Waals surface area contributed by atoms with Crippen LogP contribution >= 0.6 is 0 Å². The average molecular weight is 403 g/mol. The molecule has 29 heavy (non-hydrogen) atoms. The molecule has 2 heterocycles. The quantitative estimate of drug-likeness (QED) is 0.744. The lowest BCUT2D eigenvalue weighted by Gasteiger charge is -2.34. The summed E-state index contributed by atoms with van der Waals surface area (Å²) in [5, 5.41) is 0. The van der Waals surface area contributed by atoms with Crippen LogP contribution in [0.1, 0.15) is 32.1 Å². The highest BCUT2D eigenvalue weighted by Gasteiger charge is 2.39. The number of carbonyl (C=O) groups excluding carboxylic acids is 3. The number of hydrogen-bond acceptors (Lipinski definition) is 5. The van der Waals surface area contributed by atoms with E-state index in [0.717, 1.165) is 12.8 Å². The van der Waals surface area contributed by atoms with Crippen LogP contribution in [0.4, 0.5) is 5.69 Å². The van der Waals surface area contributed by atoms with Crippen molar-refractivity contribution < 1.29 is 23.9 Å². The molecule has 0 aliphatic carbocycles. The normalized spacial score (nSPS) is 21.9. The van der Waals surface area contributed by atoms with E-state index in [1.807, 2.05) is 4.90 Å². The molecule has 2 atom stereocenters. The number of piperidine rings is 1. The van der Waals surface area contributed by atoms with Gasteiger partial charge < -0.3 is 25.0 Å². The van der Waals surface area contributed by atoms with Crippen LogP contribution in [0.15, 0.2) is 18.2 Å². The first kappa shape index (κ1) is 21.0. The van der Waals surface area contributed by atoms with E-state index < -0.39 is 0 Å². The molecule has 2 unspecified atom stereocenters. The predicted octanol–water partition coefficient (Wildman–Crippen LogP) is 1.56. The molecule has 158 valence electrons. The van der Waals surface area contributed by atoms with Gasteiger partial charge in [-0.1, -0.05) is 0 Å². The van der Waals surface area contributed by atoms with Gasteiger partial charge in [0.1, 0.15) is 11.5 Å². The summed E-state index contributed by atoms with van der Waals surface area (Å²) in [5.74, 6) is 0.690. The Bertz CT molecular complexity index is 782. The number of rotatable bonds is 7. The zero-order chi connectivity index (χ0) is 21.0. The van der Waals surface area contributed by atoms with Crippen LogP contribution in [0, 0.1) is 11.8 Å². The molecule has 0 bridgehead atoms. The summed E-state index contributed by atoms with van der Waals surface area (Å²) in [7, 11) is 3.11. The molecule has 2 aliphatic rings. The maximum absolute atomic E-state index is 13.1. The minimum atomic E-state index is -0.381. The van der Waals surface area contributed by atoms with E-state index in [1.54, 1.807) is 37.3 Å². The van der Waals surface area contributed by atoms with Gasteiger partial charge in [0.15, 0.2) is 0 Å². The highest BCUT2D eigenvalue weighted by Crippen LogP contribution is 2.36. The Morgan fingerprint density at radius 3 is 2.69 bits per heavy atom. The first-order valence-electron chi connectivity index (χ1n) is 10.0. The second kappa shape index (κ2) is 9.15. The number of ether oxygens (including phenoxy) is 2. The molecular weight excluding hydrogens is 374 g/mol. The number of methoxy groups -OCH3 is 2. The monoisotopic (exact) mass is 403 g/mol. The van der Waals surface area contributed by atoms with Gasteiger partial charge in [-0.3, -0.25) is 14.4 Å². The molecule has 1 aromatic carbocycles. The lowest BCUT2D eigenvalue weighted by atomic mass is 9.92. The molecule has 0 saturated carbocycles. The highest BCUT2D eigenvalue weighted by atomic mass is 16.5. The van der Waals surface area contributed by atoms with Crippen LogP contribution in [0.25, 0.3) is 0 Å². The molecule has 0 radical (unpaired) electrons. The Hall–Kier alpha value is -2.77. The molecule has 3 rings (SSSR count). The fraction of sp³-hybridized carbons (Fsp3) is 0.571. The topological polar surface area (TPSA) is 102 Å². The Morgan fingerprint density at radius 1 is 1.21 bits per heavy atom. The molecule has 2 fully saturated rings. The number of nitrogens with zero attached hydrogens (tertiary/aromatic N) is 2. The summed E-state index contributed by atoms with van der Waals surface area (Å²) in [4.78, 5) is 40.3. The Kier molecular flexibility index (Phi) is 6.61. The highest BCUT2D eigenvalue weighted by molar-refractivity contribution is 6.01. The van der Waals surface area contributed by atoms with Gasteiger partial charge >= 0.3 is 0 Å². The minimum absolute atomic E-state index is 0.00601. The second-order valence-electron chi connectivity index (χ2n) is 7.74. The lowest BCUT2D eigenvalue weighted by molar-refractivity contribution is -0.137. The van der Waals surface area contributed by atoms with E-state index >= 15 is 0 Å². The van der Waals surface area contributed by atoms with Gasteiger partial charge in [0.05, 0.1) is 25.8 Å². The van der Waals surface area contributed by atoms with Gasteiger partial charge in [0.2, 0.25) is 17.7 Å². The van der Waals surface area contributed by atoms with E-state index in [2.05, 4.69) is 0 Å². The first-order chi connectivity index (χ1) is 13.9. The summed E-state index contributed by atoms with van der Waals surface area (Å²) >= 11 is 0. The van der Waals surface area contributed by atoms with Crippen molar-refractivity contribution >= 4 is 23.4 Å². The van der Waals surface area contributed by atoms with Crippen molar-refractivity contribution in [3.05, 3.63) is 18.2 Å². The number of hydrogen-bond donors (Lipinski definition) is 1. The number of primary amides is 1. The molecule has 0 aromatic heterocycles. The van der Waals surface area contributed by atoms with Crippen LogP contribution in [0.2, 0.25) is 0 Å². The summed E-state index contributed by atoms with van der Waals surface area (Å²) < 4.78 is 10.7. The molecule has 2 aliphatic heterocycles. The van der Waals surface area contributed by atoms with Crippen molar-refractivity contribution in [1.82, 2.24) is 4.90 Å². The van der Waals surface area contributed by atoms with Gasteiger partial charge in [-0.05, 0) is 37.3 Å². The van der Waals surface area contributed by atoms with Crippen molar-refractivity contribution in [1.29, 1.82) is 0 Å². The van der Waals surface area contributed by atoms with Gasteiger partial charge in [0.25, 0.3) is 0 Å². The van der Waals surface area contributed by atoms with Crippen LogP contribution in [-0.4, -0.2) is 56.5 Å². The smallest absolute Gasteiger partial charge is 0.228 e. The summed E-state index contributed by atoms with van der Waals surface area (Å²) in [6, 6.07) is 5.28. The summed E-state index contributed by atoms with van der Waals surface area (Å²) in [5.41, 5.74) is 5.87. The standard InChI is InChI=1S/C21H29N3O5/c1-28-16-6-7-18(29-2)17(11-16)24-13-15(10-20(24)26)21(27)23-9-3-4-14(12-23)5-8-19(22)25/h6-7,11,14-15H,3-5,8-10,12-13H2,1-2H3,(H2,22,25). The fourth-order valence-corrected chi connectivity index (χ4v) is 4.22. The van der Waals surface area contributed by atoms with Gasteiger partial charge in [0, 0.05) is 38.5 Å². The predicted molar refractivity (Wildman–Crippen MR) is 108 cm³/mol. The van der Waals surface area contributed by atoms with Crippen molar-refractivity contribution in [2.75, 3.05) is 38.8 Å². The third kappa shape index (κ3) is 4.81. The number of anilines is 1. The van der Waals surface area contributed by atoms with E-state index in [9.17, 15) is 14.4 Å². The number of amides is 3. The number of nitrogens with two attached hydrogens (primary N) is 1. The zero-order valence-corrected chi connectivity index (χ0v) is 17.1. The van der Waals surface area contributed by atoms with E-state index in [0.29, 0.717) is 49.7 Å². The molecule has 1 aromatic rings. The summed E-state index contributed by atoms with van der Waals surface area (Å²) in [6.07, 6.45) is 3.13. The van der Waals surface area contributed by atoms with Crippen molar-refractivity contribution in [3.63, 3.8) is 0 Å². The Morgan fingerprint density at radius 2 is 2.00 bits per heavy atom. The van der Waals surface area contributed by atoms with Gasteiger partial charge in [-0.25, -0.2) is 0 Å². The second-order valence-corrected chi connectivity index (χ2v) is 7.74. The summed E-state index contributed by atoms with van der Waals surface area (Å²) in [6.45, 7) is 1.64. The minimum Gasteiger partial charge on any atom is -0.497 e. The van der Waals surface area contributed by atoms with Crippen molar-refractivity contribution in [2.24, 2.45) is 17.6 Å². The molecule has 8 nitrogen and oxygen atoms in total. The molecule has 2 N–H and O–H groups in total. The lowest BCUT2D eigenvalue weighted by Crippen LogP contribution is -2.43. The molecule has 0 spiro atoms. The van der Waals surface area contributed by atoms with E-state index in [-0.39, 0.29) is 36.0 Å². The van der Waals surface area contributed by atoms with E-state index in [4.69, 9.17) is 15.2 Å². The largest absolute Gasteiger partial charge is 0.497 e. The number of likely N-dealkylation sites (tertiary alicyclic amines) is 1. The van der Waals surface area contributed by atoms with Crippen LogP contribution in [0.3, 0.4) is 0 Å². The third-order valence-corrected chi connectivity index (χ3v) is 5.78. The molecular formula is C21H29N3O5. The molecule has 3 amide bonds. The maximum atomic E-state index is 13.1. The zero-order valence-electron chi connectivity index (χ0n) is 17.1. The Balaban J connectivity index is 1.68. The number of benzene rings is 1. The van der Waals surface area contributed by atoms with E-state index in [1.165, 1.54) is 0 Å². The molecule has 2 saturated heterocycles. The van der Waals surface area contributed by atoms with Crippen molar-refractivity contribution in [3.8, 4) is 11.5 Å². The third-order valence-electron chi connectivity index (χ3n) is 5.78. The van der Waals surface area contributed by atoms with Gasteiger partial charge in [-0.15, -0.1) is 0 Å². The van der Waals surface area contributed by atoms with Crippen LogP contribution in [0.5, 0.6) is 11.5 Å². The Labute approximate surface area is 170 Å². The molecule has 8 heteroatoms. The van der Waals surface area contributed by atoms with Crippen molar-refractivity contribution in [2.45, 2.75) is 32.1 Å². The number of carbonyl (C=O) groups is 3.